The molecule has 1 aromatic carbocycles. The Balaban J connectivity index is 2.06. The van der Waals surface area contributed by atoms with Gasteiger partial charge < -0.3 is 20.1 Å². The Morgan fingerprint density at radius 3 is 2.54 bits per heavy atom. The molecular formula is C16H19N3O4S. The Labute approximate surface area is 144 Å². The van der Waals surface area contributed by atoms with Crippen LogP contribution < -0.4 is 25.4 Å². The van der Waals surface area contributed by atoms with Crippen LogP contribution in [0.15, 0.2) is 17.0 Å². The zero-order valence-electron chi connectivity index (χ0n) is 13.5. The number of nitrogens with one attached hydrogen (secondary N) is 1. The van der Waals surface area contributed by atoms with Crippen molar-refractivity contribution in [3.05, 3.63) is 22.6 Å². The first kappa shape index (κ1) is 16.7. The van der Waals surface area contributed by atoms with Crippen molar-refractivity contribution >= 4 is 34.7 Å². The smallest absolute Gasteiger partial charge is 0.290 e. The SMILES string of the molecule is COc1cc(C=C2SC(=O)NC2=O)c(N2CC[C@@H](N)C2)cc1OC. The summed E-state index contributed by atoms with van der Waals surface area (Å²) in [6.07, 6.45) is 2.60. The van der Waals surface area contributed by atoms with Gasteiger partial charge in [-0.1, -0.05) is 0 Å². The molecule has 0 aliphatic carbocycles. The number of benzene rings is 1. The molecule has 0 spiro atoms. The minimum Gasteiger partial charge on any atom is -0.493 e. The van der Waals surface area contributed by atoms with Crippen LogP contribution in [0.3, 0.4) is 0 Å². The van der Waals surface area contributed by atoms with Gasteiger partial charge in [-0.2, -0.15) is 0 Å². The van der Waals surface area contributed by atoms with E-state index in [1.165, 1.54) is 0 Å². The molecule has 1 atom stereocenters. The number of ether oxygens (including phenoxy) is 2. The summed E-state index contributed by atoms with van der Waals surface area (Å²) in [5, 5.41) is 1.90. The maximum absolute atomic E-state index is 11.8. The minimum atomic E-state index is -0.385. The first-order valence-electron chi connectivity index (χ1n) is 7.53. The number of nitrogens with two attached hydrogens (primary N) is 1. The lowest BCUT2D eigenvalue weighted by molar-refractivity contribution is -0.115. The average molecular weight is 349 g/mol. The molecule has 0 unspecified atom stereocenters. The van der Waals surface area contributed by atoms with Crippen molar-refractivity contribution in [2.75, 3.05) is 32.2 Å². The summed E-state index contributed by atoms with van der Waals surface area (Å²) in [5.41, 5.74) is 7.71. The van der Waals surface area contributed by atoms with Gasteiger partial charge in [-0.05, 0) is 30.3 Å². The molecule has 0 saturated carbocycles. The molecule has 7 nitrogen and oxygen atoms in total. The molecule has 0 radical (unpaired) electrons. The second-order valence-electron chi connectivity index (χ2n) is 5.61. The van der Waals surface area contributed by atoms with Crippen molar-refractivity contribution in [3.63, 3.8) is 0 Å². The van der Waals surface area contributed by atoms with Crippen LogP contribution in [0.5, 0.6) is 11.5 Å². The van der Waals surface area contributed by atoms with Crippen LogP contribution in [0.1, 0.15) is 12.0 Å². The van der Waals surface area contributed by atoms with E-state index in [0.29, 0.717) is 16.4 Å². The molecule has 3 N–H and O–H groups in total. The third-order valence-electron chi connectivity index (χ3n) is 4.03. The second kappa shape index (κ2) is 6.74. The Morgan fingerprint density at radius 1 is 1.29 bits per heavy atom. The van der Waals surface area contributed by atoms with Gasteiger partial charge in [0.05, 0.1) is 19.1 Å². The van der Waals surface area contributed by atoms with Crippen LogP contribution in [0.25, 0.3) is 6.08 Å². The lowest BCUT2D eigenvalue weighted by Gasteiger charge is -2.22. The van der Waals surface area contributed by atoms with Gasteiger partial charge in [-0.15, -0.1) is 0 Å². The topological polar surface area (TPSA) is 93.9 Å². The molecule has 24 heavy (non-hydrogen) atoms. The van der Waals surface area contributed by atoms with Crippen LogP contribution in [0.4, 0.5) is 10.5 Å². The lowest BCUT2D eigenvalue weighted by atomic mass is 10.1. The molecule has 2 saturated heterocycles. The zero-order valence-corrected chi connectivity index (χ0v) is 14.3. The molecule has 3 rings (SSSR count). The van der Waals surface area contributed by atoms with Gasteiger partial charge >= 0.3 is 0 Å². The number of methoxy groups -OCH3 is 2. The highest BCUT2D eigenvalue weighted by atomic mass is 32.2. The zero-order chi connectivity index (χ0) is 17.3. The summed E-state index contributed by atoms with van der Waals surface area (Å²) in [6.45, 7) is 1.55. The summed E-state index contributed by atoms with van der Waals surface area (Å²) in [5.74, 6) is 0.782. The molecule has 128 valence electrons. The maximum Gasteiger partial charge on any atom is 0.290 e. The number of thioether (sulfide) groups is 1. The third-order valence-corrected chi connectivity index (χ3v) is 4.84. The van der Waals surface area contributed by atoms with Crippen LogP contribution in [0, 0.1) is 0 Å². The number of imide groups is 1. The number of hydrogen-bond acceptors (Lipinski definition) is 7. The van der Waals surface area contributed by atoms with Crippen molar-refractivity contribution in [1.82, 2.24) is 5.32 Å². The number of rotatable bonds is 4. The van der Waals surface area contributed by atoms with Crippen LogP contribution in [-0.4, -0.2) is 44.5 Å². The molecule has 1 aromatic rings. The van der Waals surface area contributed by atoms with Crippen molar-refractivity contribution in [2.45, 2.75) is 12.5 Å². The molecule has 0 bridgehead atoms. The van der Waals surface area contributed by atoms with E-state index < -0.39 is 0 Å². The molecule has 2 fully saturated rings. The first-order valence-corrected chi connectivity index (χ1v) is 8.35. The number of carbonyl (C=O) groups excluding carboxylic acids is 2. The standard InChI is InChI=1S/C16H19N3O4S/c1-22-12-5-9(6-14-15(20)18-16(21)24-14)11(7-13(12)23-2)19-4-3-10(17)8-19/h5-7,10H,3-4,8,17H2,1-2H3,(H,18,20,21)/t10-/m1/s1. The molecule has 2 amide bonds. The normalized spacial score (nSPS) is 22.2. The van der Waals surface area contributed by atoms with Crippen LogP contribution >= 0.6 is 11.8 Å². The minimum absolute atomic E-state index is 0.115. The molecular weight excluding hydrogens is 330 g/mol. The molecule has 0 aromatic heterocycles. The van der Waals surface area contributed by atoms with Gasteiger partial charge in [-0.25, -0.2) is 0 Å². The number of hydrogen-bond donors (Lipinski definition) is 2. The van der Waals surface area contributed by atoms with E-state index in [0.717, 1.165) is 42.5 Å². The molecule has 2 heterocycles. The fourth-order valence-corrected chi connectivity index (χ4v) is 3.51. The molecule has 8 heteroatoms. The van der Waals surface area contributed by atoms with E-state index >= 15 is 0 Å². The van der Waals surface area contributed by atoms with E-state index in [2.05, 4.69) is 10.2 Å². The lowest BCUT2D eigenvalue weighted by Crippen LogP contribution is -2.26. The highest BCUT2D eigenvalue weighted by Gasteiger charge is 2.27. The monoisotopic (exact) mass is 349 g/mol. The van der Waals surface area contributed by atoms with Gasteiger partial charge in [0, 0.05) is 36.4 Å². The molecule has 2 aliphatic heterocycles. The van der Waals surface area contributed by atoms with E-state index in [1.807, 2.05) is 12.1 Å². The van der Waals surface area contributed by atoms with Crippen molar-refractivity contribution in [1.29, 1.82) is 0 Å². The summed E-state index contributed by atoms with van der Waals surface area (Å²) in [4.78, 5) is 25.7. The Hall–Kier alpha value is -2.19. The van der Waals surface area contributed by atoms with Gasteiger partial charge in [0.25, 0.3) is 11.1 Å². The predicted octanol–water partition coefficient (Wildman–Crippen LogP) is 1.57. The summed E-state index contributed by atoms with van der Waals surface area (Å²) >= 11 is 0.890. The van der Waals surface area contributed by atoms with E-state index in [-0.39, 0.29) is 17.2 Å². The third kappa shape index (κ3) is 3.20. The predicted molar refractivity (Wildman–Crippen MR) is 93.5 cm³/mol. The van der Waals surface area contributed by atoms with Crippen molar-refractivity contribution in [3.8, 4) is 11.5 Å². The van der Waals surface area contributed by atoms with Gasteiger partial charge in [0.2, 0.25) is 0 Å². The average Bonchev–Trinajstić information content (AvgIpc) is 3.12. The van der Waals surface area contributed by atoms with Crippen molar-refractivity contribution in [2.24, 2.45) is 5.73 Å². The summed E-state index contributed by atoms with van der Waals surface area (Å²) in [6, 6.07) is 3.80. The number of nitrogens with zero attached hydrogens (tertiary/aromatic N) is 1. The van der Waals surface area contributed by atoms with Gasteiger partial charge in [0.15, 0.2) is 11.5 Å². The van der Waals surface area contributed by atoms with Crippen LogP contribution in [0.2, 0.25) is 0 Å². The second-order valence-corrected chi connectivity index (χ2v) is 6.63. The van der Waals surface area contributed by atoms with E-state index in [4.69, 9.17) is 15.2 Å². The maximum atomic E-state index is 11.8. The summed E-state index contributed by atoms with van der Waals surface area (Å²) < 4.78 is 10.7. The van der Waals surface area contributed by atoms with E-state index in [1.54, 1.807) is 20.3 Å². The fraction of sp³-hybridized carbons (Fsp3) is 0.375. The Kier molecular flexibility index (Phi) is 4.68. The Bertz CT molecular complexity index is 720. The number of anilines is 1. The van der Waals surface area contributed by atoms with Crippen LogP contribution in [-0.2, 0) is 4.79 Å². The van der Waals surface area contributed by atoms with E-state index in [9.17, 15) is 9.59 Å². The highest BCUT2D eigenvalue weighted by molar-refractivity contribution is 8.18. The number of amides is 2. The van der Waals surface area contributed by atoms with Gasteiger partial charge in [0.1, 0.15) is 0 Å². The number of carbonyl (C=O) groups is 2. The quantitative estimate of drug-likeness (QED) is 0.797. The Morgan fingerprint density at radius 2 is 2.00 bits per heavy atom. The fourth-order valence-electron chi connectivity index (χ4n) is 2.84. The largest absolute Gasteiger partial charge is 0.493 e. The first-order chi connectivity index (χ1) is 11.5. The van der Waals surface area contributed by atoms with Crippen molar-refractivity contribution < 1.29 is 19.1 Å². The van der Waals surface area contributed by atoms with Gasteiger partial charge in [-0.3, -0.25) is 14.9 Å². The highest BCUT2D eigenvalue weighted by Crippen LogP contribution is 2.38. The summed E-state index contributed by atoms with van der Waals surface area (Å²) in [7, 11) is 3.13. The molecule has 2 aliphatic rings.